The van der Waals surface area contributed by atoms with Crippen LogP contribution >= 0.6 is 23.5 Å². The average Bonchev–Trinajstić information content (AvgIpc) is 2.60. The Bertz CT molecular complexity index is 690. The molecular weight excluding hydrogens is 356 g/mol. The fraction of sp³-hybridized carbons (Fsp3) is 0.385. The molecule has 11 heteroatoms. The topological polar surface area (TPSA) is 131 Å². The molecule has 1 saturated heterocycles. The third kappa shape index (κ3) is 2.84. The number of hydrogen-bond acceptors (Lipinski definition) is 8. The first-order valence-electron chi connectivity index (χ1n) is 7.01. The van der Waals surface area contributed by atoms with Crippen LogP contribution in [0.2, 0.25) is 0 Å². The van der Waals surface area contributed by atoms with E-state index in [0.717, 1.165) is 10.7 Å². The Hall–Kier alpha value is -2.14. The predicted octanol–water partition coefficient (Wildman–Crippen LogP) is -0.637. The number of aliphatic carboxylic acids is 1. The number of nitrogens with one attached hydrogen (secondary N) is 2. The van der Waals surface area contributed by atoms with Crippen molar-refractivity contribution in [3.8, 4) is 0 Å². The number of carboxylic acids is 1. The Balaban J connectivity index is 1.70. The van der Waals surface area contributed by atoms with Crippen LogP contribution in [0.4, 0.5) is 0 Å². The maximum absolute atomic E-state index is 12.3. The molecule has 24 heavy (non-hydrogen) atoms. The molecule has 2 atom stereocenters. The zero-order valence-corrected chi connectivity index (χ0v) is 13.9. The first-order chi connectivity index (χ1) is 11.5. The molecule has 0 radical (unpaired) electrons. The molecule has 0 aromatic heterocycles. The number of carboxylic acid groups (broad SMARTS) is 1. The van der Waals surface area contributed by atoms with Gasteiger partial charge in [0.05, 0.1) is 5.70 Å². The largest absolute Gasteiger partial charge is 0.477 e. The van der Waals surface area contributed by atoms with Crippen LogP contribution in [0.25, 0.3) is 0 Å². The van der Waals surface area contributed by atoms with E-state index in [4.69, 9.17) is 10.3 Å². The lowest BCUT2D eigenvalue weighted by Gasteiger charge is -2.48. The van der Waals surface area contributed by atoms with E-state index in [1.165, 1.54) is 29.6 Å². The van der Waals surface area contributed by atoms with Gasteiger partial charge in [0.25, 0.3) is 11.8 Å². The molecule has 0 bridgehead atoms. The molecule has 4 N–H and O–H groups in total. The molecule has 1 unspecified atom stereocenters. The van der Waals surface area contributed by atoms with Gasteiger partial charge in [0.15, 0.2) is 5.71 Å². The number of rotatable bonds is 4. The second kappa shape index (κ2) is 6.77. The second-order valence-corrected chi connectivity index (χ2v) is 7.18. The SMILES string of the molecule is O=C(O)C1=CCS[C@H]2C(NC(=O)C(=NO)C3=CSCCN3)C(=O)N12. The van der Waals surface area contributed by atoms with Crippen molar-refractivity contribution in [1.82, 2.24) is 15.5 Å². The van der Waals surface area contributed by atoms with E-state index in [9.17, 15) is 14.4 Å². The molecule has 0 spiro atoms. The summed E-state index contributed by atoms with van der Waals surface area (Å²) in [5.41, 5.74) is 0.110. The molecule has 9 nitrogen and oxygen atoms in total. The molecule has 2 amide bonds. The van der Waals surface area contributed by atoms with Crippen LogP contribution in [0.15, 0.2) is 28.0 Å². The van der Waals surface area contributed by atoms with Crippen LogP contribution in [0.3, 0.4) is 0 Å². The third-order valence-corrected chi connectivity index (χ3v) is 5.68. The minimum absolute atomic E-state index is 0.0710. The number of oxime groups is 1. The monoisotopic (exact) mass is 370 g/mol. The normalized spacial score (nSPS) is 26.4. The lowest BCUT2D eigenvalue weighted by Crippen LogP contribution is -2.70. The molecule has 0 saturated carbocycles. The van der Waals surface area contributed by atoms with E-state index >= 15 is 0 Å². The first-order valence-corrected chi connectivity index (χ1v) is 9.11. The van der Waals surface area contributed by atoms with Gasteiger partial charge in [-0.3, -0.25) is 14.5 Å². The summed E-state index contributed by atoms with van der Waals surface area (Å²) in [5.74, 6) is -1.09. The van der Waals surface area contributed by atoms with Gasteiger partial charge < -0.3 is 20.9 Å². The summed E-state index contributed by atoms with van der Waals surface area (Å²) in [4.78, 5) is 36.8. The van der Waals surface area contributed by atoms with E-state index < -0.39 is 29.2 Å². The molecule has 3 rings (SSSR count). The second-order valence-electron chi connectivity index (χ2n) is 5.06. The van der Waals surface area contributed by atoms with Gasteiger partial charge in [-0.25, -0.2) is 4.79 Å². The highest BCUT2D eigenvalue weighted by atomic mass is 32.2. The summed E-state index contributed by atoms with van der Waals surface area (Å²) in [6, 6.07) is -0.848. The van der Waals surface area contributed by atoms with Gasteiger partial charge in [-0.2, -0.15) is 0 Å². The van der Waals surface area contributed by atoms with E-state index in [1.807, 2.05) is 0 Å². The third-order valence-electron chi connectivity index (χ3n) is 3.66. The van der Waals surface area contributed by atoms with Crippen LogP contribution in [0.1, 0.15) is 0 Å². The Morgan fingerprint density at radius 2 is 2.25 bits per heavy atom. The van der Waals surface area contributed by atoms with Crippen molar-refractivity contribution in [2.24, 2.45) is 5.16 Å². The summed E-state index contributed by atoms with van der Waals surface area (Å²) in [6.07, 6.45) is 1.47. The molecule has 0 aromatic rings. The highest BCUT2D eigenvalue weighted by molar-refractivity contribution is 8.02. The molecular formula is C13H14N4O5S2. The number of fused-ring (bicyclic) bond motifs is 1. The minimum Gasteiger partial charge on any atom is -0.477 e. The zero-order chi connectivity index (χ0) is 17.3. The Morgan fingerprint density at radius 1 is 1.46 bits per heavy atom. The summed E-state index contributed by atoms with van der Waals surface area (Å²) >= 11 is 2.83. The standard InChI is InChI=1S/C13H14N4O5S2/c18-10(8(16-22)6-5-23-4-2-14-6)15-9-11(19)17-7(13(20)21)1-3-24-12(9)17/h1,5,9,12,14,22H,2-4H2,(H,15,18)(H,20,21)/t9?,12-/m0/s1. The maximum atomic E-state index is 12.3. The molecule has 128 valence electrons. The summed E-state index contributed by atoms with van der Waals surface area (Å²) < 4.78 is 0. The molecule has 3 heterocycles. The number of nitrogens with zero attached hydrogens (tertiary/aromatic N) is 2. The van der Waals surface area contributed by atoms with Crippen molar-refractivity contribution in [3.05, 3.63) is 22.9 Å². The fourth-order valence-corrected chi connectivity index (χ4v) is 4.43. The number of β-lactam (4-membered cyclic amide) rings is 1. The van der Waals surface area contributed by atoms with Crippen molar-refractivity contribution in [1.29, 1.82) is 0 Å². The smallest absolute Gasteiger partial charge is 0.352 e. The summed E-state index contributed by atoms with van der Waals surface area (Å²) in [6.45, 7) is 0.629. The van der Waals surface area contributed by atoms with Crippen molar-refractivity contribution in [3.63, 3.8) is 0 Å². The maximum Gasteiger partial charge on any atom is 0.352 e. The average molecular weight is 370 g/mol. The van der Waals surface area contributed by atoms with Gasteiger partial charge in [0.2, 0.25) is 0 Å². The number of carbonyl (C=O) groups is 3. The highest BCUT2D eigenvalue weighted by Gasteiger charge is 2.53. The highest BCUT2D eigenvalue weighted by Crippen LogP contribution is 2.37. The van der Waals surface area contributed by atoms with Crippen LogP contribution in [-0.2, 0) is 14.4 Å². The lowest BCUT2D eigenvalue weighted by atomic mass is 10.0. The number of carbonyl (C=O) groups excluding carboxylic acids is 2. The zero-order valence-electron chi connectivity index (χ0n) is 12.3. The van der Waals surface area contributed by atoms with Crippen LogP contribution in [0, 0.1) is 0 Å². The predicted molar refractivity (Wildman–Crippen MR) is 88.5 cm³/mol. The number of amides is 2. The van der Waals surface area contributed by atoms with Crippen LogP contribution in [0.5, 0.6) is 0 Å². The quantitative estimate of drug-likeness (QED) is 0.222. The Morgan fingerprint density at radius 3 is 2.88 bits per heavy atom. The van der Waals surface area contributed by atoms with Gasteiger partial charge in [-0.1, -0.05) is 5.16 Å². The van der Waals surface area contributed by atoms with E-state index in [2.05, 4.69) is 15.8 Å². The van der Waals surface area contributed by atoms with Crippen molar-refractivity contribution in [2.45, 2.75) is 11.4 Å². The van der Waals surface area contributed by atoms with Gasteiger partial charge in [0.1, 0.15) is 17.1 Å². The van der Waals surface area contributed by atoms with Gasteiger partial charge >= 0.3 is 5.97 Å². The van der Waals surface area contributed by atoms with E-state index in [0.29, 0.717) is 18.0 Å². The molecule has 3 aliphatic rings. The number of thioether (sulfide) groups is 2. The molecule has 0 aliphatic carbocycles. The minimum atomic E-state index is -1.18. The summed E-state index contributed by atoms with van der Waals surface area (Å²) in [5, 5.41) is 27.9. The Kier molecular flexibility index (Phi) is 4.71. The van der Waals surface area contributed by atoms with Gasteiger partial charge in [-0.05, 0) is 11.5 Å². The van der Waals surface area contributed by atoms with Gasteiger partial charge in [0, 0.05) is 18.1 Å². The lowest BCUT2D eigenvalue weighted by molar-refractivity contribution is -0.150. The number of hydrogen-bond donors (Lipinski definition) is 4. The van der Waals surface area contributed by atoms with Crippen molar-refractivity contribution < 1.29 is 24.7 Å². The van der Waals surface area contributed by atoms with E-state index in [1.54, 1.807) is 5.41 Å². The fourth-order valence-electron chi connectivity index (χ4n) is 2.54. The Labute approximate surface area is 145 Å². The summed E-state index contributed by atoms with van der Waals surface area (Å²) in [7, 11) is 0. The van der Waals surface area contributed by atoms with Crippen LogP contribution < -0.4 is 10.6 Å². The molecule has 0 aromatic carbocycles. The molecule has 3 aliphatic heterocycles. The van der Waals surface area contributed by atoms with E-state index in [-0.39, 0.29) is 11.4 Å². The first kappa shape index (κ1) is 16.7. The van der Waals surface area contributed by atoms with Crippen molar-refractivity contribution in [2.75, 3.05) is 18.1 Å². The molecule has 1 fully saturated rings. The van der Waals surface area contributed by atoms with Crippen molar-refractivity contribution >= 4 is 47.0 Å². The van der Waals surface area contributed by atoms with Gasteiger partial charge in [-0.15, -0.1) is 23.5 Å². The van der Waals surface area contributed by atoms with Crippen LogP contribution in [-0.4, -0.2) is 68.2 Å².